The first-order chi connectivity index (χ1) is 14.1. The van der Waals surface area contributed by atoms with Crippen LogP contribution < -0.4 is 4.90 Å². The molecule has 2 heterocycles. The highest BCUT2D eigenvalue weighted by atomic mass is 19.1. The van der Waals surface area contributed by atoms with Crippen LogP contribution in [0.2, 0.25) is 0 Å². The number of hydrogen-bond acceptors (Lipinski definition) is 4. The van der Waals surface area contributed by atoms with E-state index < -0.39 is 0 Å². The molecule has 1 aliphatic rings. The molecule has 0 N–H and O–H groups in total. The van der Waals surface area contributed by atoms with Crippen LogP contribution in [-0.2, 0) is 11.2 Å². The summed E-state index contributed by atoms with van der Waals surface area (Å²) in [6, 6.07) is 18.1. The van der Waals surface area contributed by atoms with Gasteiger partial charge in [0.1, 0.15) is 5.82 Å². The Kier molecular flexibility index (Phi) is 5.51. The zero-order chi connectivity index (χ0) is 20.2. The monoisotopic (exact) mass is 390 g/mol. The van der Waals surface area contributed by atoms with Crippen molar-refractivity contribution in [3.63, 3.8) is 0 Å². The molecule has 148 valence electrons. The standard InChI is InChI=1S/C23H23FN4O/c1-17-3-2-4-18(15-17)16-23(29)28-13-11-27(12-14-28)22-10-9-21(25-26-22)19-5-7-20(24)8-6-19/h2-10,15H,11-14,16H2,1H3. The summed E-state index contributed by atoms with van der Waals surface area (Å²) in [4.78, 5) is 16.7. The Balaban J connectivity index is 1.34. The molecule has 0 radical (unpaired) electrons. The maximum Gasteiger partial charge on any atom is 0.227 e. The predicted octanol–water partition coefficient (Wildman–Crippen LogP) is 3.48. The van der Waals surface area contributed by atoms with E-state index in [2.05, 4.69) is 21.2 Å². The average molecular weight is 390 g/mol. The van der Waals surface area contributed by atoms with Crippen molar-refractivity contribution in [3.8, 4) is 11.3 Å². The summed E-state index contributed by atoms with van der Waals surface area (Å²) in [5.41, 5.74) is 3.76. The van der Waals surface area contributed by atoms with Crippen molar-refractivity contribution >= 4 is 11.7 Å². The predicted molar refractivity (Wildman–Crippen MR) is 111 cm³/mol. The molecular formula is C23H23FN4O. The Labute approximate surface area is 169 Å². The van der Waals surface area contributed by atoms with Crippen molar-refractivity contribution in [2.24, 2.45) is 0 Å². The van der Waals surface area contributed by atoms with E-state index in [0.29, 0.717) is 25.2 Å². The molecule has 1 aromatic heterocycles. The third-order valence-electron chi connectivity index (χ3n) is 5.18. The fourth-order valence-electron chi connectivity index (χ4n) is 3.56. The van der Waals surface area contributed by atoms with Gasteiger partial charge in [0.25, 0.3) is 0 Å². The summed E-state index contributed by atoms with van der Waals surface area (Å²) in [7, 11) is 0. The van der Waals surface area contributed by atoms with Crippen LogP contribution >= 0.6 is 0 Å². The van der Waals surface area contributed by atoms with E-state index in [4.69, 9.17) is 0 Å². The normalized spacial score (nSPS) is 14.1. The molecule has 1 aliphatic heterocycles. The number of benzene rings is 2. The zero-order valence-corrected chi connectivity index (χ0v) is 16.4. The van der Waals surface area contributed by atoms with Gasteiger partial charge in [0.05, 0.1) is 12.1 Å². The maximum absolute atomic E-state index is 13.1. The number of hydrogen-bond donors (Lipinski definition) is 0. The van der Waals surface area contributed by atoms with Gasteiger partial charge in [-0.2, -0.15) is 0 Å². The first-order valence-electron chi connectivity index (χ1n) is 9.76. The third kappa shape index (κ3) is 4.59. The van der Waals surface area contributed by atoms with E-state index in [1.165, 1.54) is 17.7 Å². The molecule has 4 rings (SSSR count). The van der Waals surface area contributed by atoms with Gasteiger partial charge in [-0.05, 0) is 48.9 Å². The number of carbonyl (C=O) groups is 1. The second kappa shape index (κ2) is 8.39. The molecule has 1 amide bonds. The highest BCUT2D eigenvalue weighted by Gasteiger charge is 2.22. The van der Waals surface area contributed by atoms with Gasteiger partial charge in [0.15, 0.2) is 5.82 Å². The quantitative estimate of drug-likeness (QED) is 0.684. The number of anilines is 1. The van der Waals surface area contributed by atoms with Crippen molar-refractivity contribution < 1.29 is 9.18 Å². The number of aromatic nitrogens is 2. The van der Waals surface area contributed by atoms with Crippen LogP contribution in [0.4, 0.5) is 10.2 Å². The fourth-order valence-corrected chi connectivity index (χ4v) is 3.56. The largest absolute Gasteiger partial charge is 0.352 e. The van der Waals surface area contributed by atoms with Gasteiger partial charge in [0, 0.05) is 31.7 Å². The smallest absolute Gasteiger partial charge is 0.227 e. The molecule has 6 heteroatoms. The van der Waals surface area contributed by atoms with Crippen LogP contribution in [0.5, 0.6) is 0 Å². The molecule has 1 saturated heterocycles. The van der Waals surface area contributed by atoms with Crippen molar-refractivity contribution in [3.05, 3.63) is 77.6 Å². The molecule has 0 spiro atoms. The van der Waals surface area contributed by atoms with Crippen molar-refractivity contribution in [1.29, 1.82) is 0 Å². The summed E-state index contributed by atoms with van der Waals surface area (Å²) < 4.78 is 13.1. The molecule has 0 atom stereocenters. The second-order valence-electron chi connectivity index (χ2n) is 7.32. The summed E-state index contributed by atoms with van der Waals surface area (Å²) in [5.74, 6) is 0.683. The highest BCUT2D eigenvalue weighted by Crippen LogP contribution is 2.20. The van der Waals surface area contributed by atoms with E-state index in [1.807, 2.05) is 42.2 Å². The number of nitrogens with zero attached hydrogens (tertiary/aromatic N) is 4. The lowest BCUT2D eigenvalue weighted by Crippen LogP contribution is -2.49. The Bertz CT molecular complexity index is 981. The lowest BCUT2D eigenvalue weighted by molar-refractivity contribution is -0.130. The highest BCUT2D eigenvalue weighted by molar-refractivity contribution is 5.79. The Hall–Kier alpha value is -3.28. The fraction of sp³-hybridized carbons (Fsp3) is 0.261. The molecule has 29 heavy (non-hydrogen) atoms. The topological polar surface area (TPSA) is 49.3 Å². The summed E-state index contributed by atoms with van der Waals surface area (Å²) in [6.45, 7) is 4.83. The molecule has 2 aromatic carbocycles. The van der Waals surface area contributed by atoms with Crippen molar-refractivity contribution in [2.45, 2.75) is 13.3 Å². The lowest BCUT2D eigenvalue weighted by Gasteiger charge is -2.35. The number of aryl methyl sites for hydroxylation is 1. The van der Waals surface area contributed by atoms with Crippen LogP contribution in [0.3, 0.4) is 0 Å². The zero-order valence-electron chi connectivity index (χ0n) is 16.4. The SMILES string of the molecule is Cc1cccc(CC(=O)N2CCN(c3ccc(-c4ccc(F)cc4)nn3)CC2)c1. The van der Waals surface area contributed by atoms with Crippen LogP contribution in [-0.4, -0.2) is 47.2 Å². The van der Waals surface area contributed by atoms with Crippen LogP contribution in [0, 0.1) is 12.7 Å². The number of piperazine rings is 1. The summed E-state index contributed by atoms with van der Waals surface area (Å²) in [6.07, 6.45) is 0.438. The number of halogens is 1. The second-order valence-corrected chi connectivity index (χ2v) is 7.32. The Morgan fingerprint density at radius 2 is 1.72 bits per heavy atom. The van der Waals surface area contributed by atoms with Crippen LogP contribution in [0.15, 0.2) is 60.7 Å². The molecule has 0 aliphatic carbocycles. The van der Waals surface area contributed by atoms with Gasteiger partial charge in [-0.3, -0.25) is 4.79 Å². The van der Waals surface area contributed by atoms with Crippen molar-refractivity contribution in [2.75, 3.05) is 31.1 Å². The van der Waals surface area contributed by atoms with E-state index in [1.54, 1.807) is 12.1 Å². The third-order valence-corrected chi connectivity index (χ3v) is 5.18. The minimum atomic E-state index is -0.270. The van der Waals surface area contributed by atoms with E-state index in [0.717, 1.165) is 30.0 Å². The average Bonchev–Trinajstić information content (AvgIpc) is 2.75. The summed E-state index contributed by atoms with van der Waals surface area (Å²) in [5, 5.41) is 8.60. The minimum absolute atomic E-state index is 0.160. The molecule has 0 unspecified atom stereocenters. The van der Waals surface area contributed by atoms with Crippen LogP contribution in [0.1, 0.15) is 11.1 Å². The first-order valence-corrected chi connectivity index (χ1v) is 9.76. The Morgan fingerprint density at radius 3 is 2.38 bits per heavy atom. The van der Waals surface area contributed by atoms with E-state index in [-0.39, 0.29) is 11.7 Å². The lowest BCUT2D eigenvalue weighted by atomic mass is 10.1. The van der Waals surface area contributed by atoms with Gasteiger partial charge >= 0.3 is 0 Å². The van der Waals surface area contributed by atoms with E-state index >= 15 is 0 Å². The van der Waals surface area contributed by atoms with Gasteiger partial charge in [0.2, 0.25) is 5.91 Å². The number of rotatable bonds is 4. The van der Waals surface area contributed by atoms with Gasteiger partial charge in [-0.25, -0.2) is 4.39 Å². The number of amides is 1. The van der Waals surface area contributed by atoms with Gasteiger partial charge in [-0.1, -0.05) is 29.8 Å². The Morgan fingerprint density at radius 1 is 0.966 bits per heavy atom. The first kappa shape index (κ1) is 19.1. The molecule has 0 saturated carbocycles. The minimum Gasteiger partial charge on any atom is -0.352 e. The van der Waals surface area contributed by atoms with Gasteiger partial charge in [-0.15, -0.1) is 10.2 Å². The molecule has 0 bridgehead atoms. The van der Waals surface area contributed by atoms with E-state index in [9.17, 15) is 9.18 Å². The molecule has 5 nitrogen and oxygen atoms in total. The van der Waals surface area contributed by atoms with Crippen molar-refractivity contribution in [1.82, 2.24) is 15.1 Å². The number of carbonyl (C=O) groups excluding carboxylic acids is 1. The maximum atomic E-state index is 13.1. The van der Waals surface area contributed by atoms with Crippen LogP contribution in [0.25, 0.3) is 11.3 Å². The molecule has 1 fully saturated rings. The molecule has 3 aromatic rings. The summed E-state index contributed by atoms with van der Waals surface area (Å²) >= 11 is 0. The molecular weight excluding hydrogens is 367 g/mol. The van der Waals surface area contributed by atoms with Gasteiger partial charge < -0.3 is 9.80 Å².